The normalized spacial score (nSPS) is 11.2. The smallest absolute Gasteiger partial charge is 0.341 e. The Morgan fingerprint density at radius 1 is 0.957 bits per heavy atom. The number of aliphatic carboxylic acids is 1. The lowest BCUT2D eigenvalue weighted by Crippen LogP contribution is -2.15. The first-order chi connectivity index (χ1) is 22.6. The maximum absolute atomic E-state index is 13.3. The monoisotopic (exact) mass is 690 g/mol. The van der Waals surface area contributed by atoms with Crippen molar-refractivity contribution < 1.29 is 32.6 Å². The molecule has 9 nitrogen and oxygen atoms in total. The van der Waals surface area contributed by atoms with Gasteiger partial charge < -0.3 is 19.9 Å². The Labute approximate surface area is 281 Å². The van der Waals surface area contributed by atoms with Gasteiger partial charge in [-0.15, -0.1) is 11.3 Å². The van der Waals surface area contributed by atoms with Crippen molar-refractivity contribution in [1.29, 1.82) is 0 Å². The number of anilines is 1. The highest BCUT2D eigenvalue weighted by Gasteiger charge is 2.16. The van der Waals surface area contributed by atoms with Crippen LogP contribution in [0.15, 0.2) is 101 Å². The van der Waals surface area contributed by atoms with E-state index < -0.39 is 28.3 Å². The molecule has 5 rings (SSSR count). The third kappa shape index (κ3) is 9.41. The van der Waals surface area contributed by atoms with E-state index >= 15 is 0 Å². The Morgan fingerprint density at radius 2 is 1.72 bits per heavy atom. The fourth-order valence-corrected chi connectivity index (χ4v) is 6.77. The molecule has 1 aromatic heterocycles. The quantitative estimate of drug-likeness (QED) is 0.123. The number of thiazole rings is 1. The fourth-order valence-electron chi connectivity index (χ4n) is 4.62. The summed E-state index contributed by atoms with van der Waals surface area (Å²) in [6, 6.07) is 25.7. The summed E-state index contributed by atoms with van der Waals surface area (Å²) in [5.41, 5.74) is 4.37. The summed E-state index contributed by atoms with van der Waals surface area (Å²) >= 11 is 7.37. The molecule has 242 valence electrons. The molecule has 0 saturated heterocycles. The number of carboxylic acids is 1. The van der Waals surface area contributed by atoms with E-state index in [1.54, 1.807) is 42.5 Å². The number of halogens is 1. The third-order valence-electron chi connectivity index (χ3n) is 7.05. The summed E-state index contributed by atoms with van der Waals surface area (Å²) in [5, 5.41) is 15.1. The van der Waals surface area contributed by atoms with E-state index in [9.17, 15) is 18.0 Å². The van der Waals surface area contributed by atoms with Gasteiger partial charge in [0, 0.05) is 21.5 Å². The average Bonchev–Trinajstić information content (AvgIpc) is 3.53. The van der Waals surface area contributed by atoms with Crippen LogP contribution in [-0.4, -0.2) is 42.7 Å². The highest BCUT2D eigenvalue weighted by Crippen LogP contribution is 2.29. The zero-order valence-corrected chi connectivity index (χ0v) is 27.7. The second-order valence-corrected chi connectivity index (χ2v) is 14.1. The largest absolute Gasteiger partial charge is 0.486 e. The minimum atomic E-state index is -3.51. The van der Waals surface area contributed by atoms with Crippen LogP contribution in [0.2, 0.25) is 5.02 Å². The number of aryl methyl sites for hydroxylation is 2. The minimum Gasteiger partial charge on any atom is -0.486 e. The average molecular weight is 691 g/mol. The number of sulfone groups is 1. The van der Waals surface area contributed by atoms with Gasteiger partial charge in [-0.25, -0.2) is 18.2 Å². The molecule has 4 aromatic carbocycles. The summed E-state index contributed by atoms with van der Waals surface area (Å²) in [6.07, 6.45) is 0.708. The standard InChI is InChI=1S/C35H31ClN2O7S2/c1-23-7-10-25(11-8-23)31-22-46-33(37-31)20-44-28-6-2-5-26(19-28)35(41)38-30-18-24(9-16-32(30)45-21-34(39)40)4-3-17-47(42,43)29-14-12-27(36)13-15-29/h2,5-16,18-19,22H,3-4,17,20-21H2,1H3,(H,38,41)(H,39,40). The van der Waals surface area contributed by atoms with Gasteiger partial charge in [-0.2, -0.15) is 0 Å². The van der Waals surface area contributed by atoms with Crippen molar-refractivity contribution in [3.8, 4) is 22.8 Å². The highest BCUT2D eigenvalue weighted by atomic mass is 35.5. The molecular weight excluding hydrogens is 660 g/mol. The predicted molar refractivity (Wildman–Crippen MR) is 182 cm³/mol. The third-order valence-corrected chi connectivity index (χ3v) is 9.94. The Hall–Kier alpha value is -4.71. The minimum absolute atomic E-state index is 0.0887. The van der Waals surface area contributed by atoms with E-state index in [4.69, 9.17) is 26.2 Å². The van der Waals surface area contributed by atoms with E-state index in [2.05, 4.69) is 10.3 Å². The summed E-state index contributed by atoms with van der Waals surface area (Å²) in [7, 11) is -3.51. The molecule has 0 saturated carbocycles. The van der Waals surface area contributed by atoms with Gasteiger partial charge in [0.05, 0.1) is 22.0 Å². The van der Waals surface area contributed by atoms with Gasteiger partial charge in [-0.3, -0.25) is 4.79 Å². The molecule has 0 radical (unpaired) electrons. The maximum Gasteiger partial charge on any atom is 0.341 e. The number of rotatable bonds is 14. The molecule has 0 fully saturated rings. The van der Waals surface area contributed by atoms with Gasteiger partial charge in [0.15, 0.2) is 16.4 Å². The molecule has 5 aromatic rings. The van der Waals surface area contributed by atoms with Crippen molar-refractivity contribution in [1.82, 2.24) is 4.98 Å². The number of amides is 1. The summed E-state index contributed by atoms with van der Waals surface area (Å²) in [5.74, 6) is -1.08. The molecule has 0 spiro atoms. The number of benzene rings is 4. The Kier molecular flexibility index (Phi) is 10.9. The van der Waals surface area contributed by atoms with Crippen LogP contribution in [-0.2, 0) is 27.7 Å². The second-order valence-electron chi connectivity index (χ2n) is 10.7. The fraction of sp³-hybridized carbons (Fsp3) is 0.171. The predicted octanol–water partition coefficient (Wildman–Crippen LogP) is 7.47. The molecule has 12 heteroatoms. The van der Waals surface area contributed by atoms with Gasteiger partial charge in [0.2, 0.25) is 0 Å². The molecule has 0 aliphatic heterocycles. The zero-order valence-electron chi connectivity index (χ0n) is 25.3. The lowest BCUT2D eigenvalue weighted by atomic mass is 10.1. The summed E-state index contributed by atoms with van der Waals surface area (Å²) in [4.78, 5) is 29.3. The molecule has 0 aliphatic carbocycles. The molecule has 1 heterocycles. The van der Waals surface area contributed by atoms with E-state index in [-0.39, 0.29) is 28.7 Å². The topological polar surface area (TPSA) is 132 Å². The van der Waals surface area contributed by atoms with Crippen LogP contribution in [0.3, 0.4) is 0 Å². The van der Waals surface area contributed by atoms with E-state index in [0.29, 0.717) is 29.2 Å². The first-order valence-electron chi connectivity index (χ1n) is 14.6. The van der Waals surface area contributed by atoms with E-state index in [1.807, 2.05) is 36.6 Å². The van der Waals surface area contributed by atoms with Gasteiger partial charge in [0.1, 0.15) is 23.1 Å². The molecule has 0 aliphatic rings. The van der Waals surface area contributed by atoms with Gasteiger partial charge in [-0.1, -0.05) is 53.6 Å². The van der Waals surface area contributed by atoms with Crippen LogP contribution in [0.25, 0.3) is 11.3 Å². The van der Waals surface area contributed by atoms with Crippen LogP contribution in [0, 0.1) is 6.92 Å². The molecule has 0 bridgehead atoms. The second kappa shape index (κ2) is 15.3. The Morgan fingerprint density at radius 3 is 2.47 bits per heavy atom. The number of hydrogen-bond donors (Lipinski definition) is 2. The van der Waals surface area contributed by atoms with E-state index in [1.165, 1.54) is 41.2 Å². The number of carbonyl (C=O) groups is 2. The molecule has 0 atom stereocenters. The number of hydrogen-bond acceptors (Lipinski definition) is 8. The molecule has 1 amide bonds. The number of aromatic nitrogens is 1. The summed E-state index contributed by atoms with van der Waals surface area (Å²) < 4.78 is 36.8. The van der Waals surface area contributed by atoms with Crippen LogP contribution in [0.1, 0.15) is 32.9 Å². The van der Waals surface area contributed by atoms with Crippen molar-refractivity contribution in [3.63, 3.8) is 0 Å². The first kappa shape index (κ1) is 33.6. The van der Waals surface area contributed by atoms with Crippen LogP contribution < -0.4 is 14.8 Å². The Bertz CT molecular complexity index is 1980. The molecular formula is C35H31ClN2O7S2. The molecule has 2 N–H and O–H groups in total. The van der Waals surface area contributed by atoms with E-state index in [0.717, 1.165) is 21.8 Å². The van der Waals surface area contributed by atoms with Gasteiger partial charge in [-0.05, 0) is 79.9 Å². The molecule has 47 heavy (non-hydrogen) atoms. The van der Waals surface area contributed by atoms with Crippen molar-refractivity contribution in [2.75, 3.05) is 17.7 Å². The number of nitrogens with zero attached hydrogens (tertiary/aromatic N) is 1. The molecule has 0 unspecified atom stereocenters. The van der Waals surface area contributed by atoms with Crippen molar-refractivity contribution in [2.24, 2.45) is 0 Å². The summed E-state index contributed by atoms with van der Waals surface area (Å²) in [6.45, 7) is 1.66. The maximum atomic E-state index is 13.3. The van der Waals surface area contributed by atoms with Gasteiger partial charge >= 0.3 is 5.97 Å². The first-order valence-corrected chi connectivity index (χ1v) is 17.5. The number of carbonyl (C=O) groups excluding carboxylic acids is 1. The number of nitrogens with one attached hydrogen (secondary N) is 1. The SMILES string of the molecule is Cc1ccc(-c2csc(COc3cccc(C(=O)Nc4cc(CCCS(=O)(=O)c5ccc(Cl)cc5)ccc4OCC(=O)O)c3)n2)cc1. The Balaban J connectivity index is 1.24. The zero-order chi connectivity index (χ0) is 33.4. The number of carboxylic acid groups (broad SMARTS) is 1. The van der Waals surface area contributed by atoms with Crippen LogP contribution in [0.5, 0.6) is 11.5 Å². The lowest BCUT2D eigenvalue weighted by Gasteiger charge is -2.14. The van der Waals surface area contributed by atoms with Crippen molar-refractivity contribution >= 4 is 50.3 Å². The van der Waals surface area contributed by atoms with Gasteiger partial charge in [0.25, 0.3) is 5.91 Å². The van der Waals surface area contributed by atoms with Crippen LogP contribution >= 0.6 is 22.9 Å². The van der Waals surface area contributed by atoms with Crippen molar-refractivity contribution in [3.05, 3.63) is 123 Å². The lowest BCUT2D eigenvalue weighted by molar-refractivity contribution is -0.139. The van der Waals surface area contributed by atoms with Crippen LogP contribution in [0.4, 0.5) is 5.69 Å². The van der Waals surface area contributed by atoms with Crippen molar-refractivity contribution in [2.45, 2.75) is 31.3 Å². The number of ether oxygens (including phenoxy) is 2. The highest BCUT2D eigenvalue weighted by molar-refractivity contribution is 7.91.